The quantitative estimate of drug-likeness (QED) is 0.741. The zero-order valence-corrected chi connectivity index (χ0v) is 14.1. The molecule has 4 atom stereocenters. The van der Waals surface area contributed by atoms with Crippen molar-refractivity contribution in [3.05, 3.63) is 39.3 Å². The van der Waals surface area contributed by atoms with Gasteiger partial charge in [-0.2, -0.15) is 0 Å². The molecule has 0 spiro atoms. The highest BCUT2D eigenvalue weighted by atomic mass is 79.9. The van der Waals surface area contributed by atoms with Gasteiger partial charge in [0.25, 0.3) is 0 Å². The Balaban J connectivity index is 1.80. The predicted octanol–water partition coefficient (Wildman–Crippen LogP) is 3.67. The lowest BCUT2D eigenvalue weighted by Crippen LogP contribution is -2.36. The van der Waals surface area contributed by atoms with Gasteiger partial charge < -0.3 is 10.4 Å². The van der Waals surface area contributed by atoms with Crippen LogP contribution in [0.15, 0.2) is 39.3 Å². The normalized spacial score (nSPS) is 29.6. The van der Waals surface area contributed by atoms with Gasteiger partial charge in [0.05, 0.1) is 11.8 Å². The zero-order chi connectivity index (χ0) is 15.1. The molecule has 0 aliphatic heterocycles. The molecule has 2 aliphatic rings. The Bertz CT molecular complexity index is 644. The Morgan fingerprint density at radius 3 is 2.38 bits per heavy atom. The van der Waals surface area contributed by atoms with E-state index in [1.54, 1.807) is 12.1 Å². The number of nitrogens with one attached hydrogen (secondary N) is 1. The average Bonchev–Trinajstić information content (AvgIpc) is 3.03. The van der Waals surface area contributed by atoms with Crippen LogP contribution < -0.4 is 5.32 Å². The minimum Gasteiger partial charge on any atom is -0.481 e. The number of hydrogen-bond donors (Lipinski definition) is 2. The summed E-state index contributed by atoms with van der Waals surface area (Å²) in [7, 11) is 0. The summed E-state index contributed by atoms with van der Waals surface area (Å²) in [5, 5.41) is 12.2. The van der Waals surface area contributed by atoms with Gasteiger partial charge >= 0.3 is 5.97 Å². The van der Waals surface area contributed by atoms with Crippen LogP contribution in [0.1, 0.15) is 6.42 Å². The van der Waals surface area contributed by atoms with Crippen molar-refractivity contribution in [2.75, 3.05) is 5.32 Å². The van der Waals surface area contributed by atoms with Gasteiger partial charge in [0.1, 0.15) is 0 Å². The second-order valence-electron chi connectivity index (χ2n) is 5.46. The Labute approximate surface area is 138 Å². The molecule has 1 aromatic carbocycles. The number of fused-ring (bicyclic) bond motifs is 2. The monoisotopic (exact) mass is 413 g/mol. The van der Waals surface area contributed by atoms with E-state index in [4.69, 9.17) is 0 Å². The molecule has 21 heavy (non-hydrogen) atoms. The number of rotatable bonds is 3. The van der Waals surface area contributed by atoms with Gasteiger partial charge in [0.15, 0.2) is 0 Å². The van der Waals surface area contributed by atoms with E-state index in [-0.39, 0.29) is 17.7 Å². The van der Waals surface area contributed by atoms with Crippen molar-refractivity contribution < 1.29 is 14.7 Å². The molecular weight excluding hydrogens is 402 g/mol. The Morgan fingerprint density at radius 2 is 1.76 bits per heavy atom. The van der Waals surface area contributed by atoms with Crippen molar-refractivity contribution in [3.8, 4) is 0 Å². The summed E-state index contributed by atoms with van der Waals surface area (Å²) in [4.78, 5) is 23.9. The highest BCUT2D eigenvalue weighted by Crippen LogP contribution is 2.48. The lowest BCUT2D eigenvalue weighted by atomic mass is 9.82. The van der Waals surface area contributed by atoms with Crippen molar-refractivity contribution in [1.29, 1.82) is 0 Å². The second kappa shape index (κ2) is 5.57. The number of hydrogen-bond acceptors (Lipinski definition) is 2. The van der Waals surface area contributed by atoms with E-state index in [1.165, 1.54) is 0 Å². The largest absolute Gasteiger partial charge is 0.481 e. The number of amides is 1. The Morgan fingerprint density at radius 1 is 1.10 bits per heavy atom. The van der Waals surface area contributed by atoms with Gasteiger partial charge in [-0.1, -0.05) is 12.2 Å². The molecule has 1 aromatic rings. The van der Waals surface area contributed by atoms with E-state index in [0.29, 0.717) is 5.69 Å². The first-order chi connectivity index (χ1) is 9.97. The molecule has 3 rings (SSSR count). The summed E-state index contributed by atoms with van der Waals surface area (Å²) in [6, 6.07) is 5.40. The molecule has 1 saturated carbocycles. The molecule has 0 radical (unpaired) electrons. The fourth-order valence-electron chi connectivity index (χ4n) is 3.32. The summed E-state index contributed by atoms with van der Waals surface area (Å²) in [6.07, 6.45) is 4.67. The number of benzene rings is 1. The molecule has 2 N–H and O–H groups in total. The molecule has 4 nitrogen and oxygen atoms in total. The first-order valence-electron chi connectivity index (χ1n) is 6.64. The molecule has 1 amide bonds. The first kappa shape index (κ1) is 14.8. The van der Waals surface area contributed by atoms with Gasteiger partial charge in [0, 0.05) is 14.6 Å². The van der Waals surface area contributed by atoms with Crippen LogP contribution in [0, 0.1) is 23.7 Å². The molecule has 0 aromatic heterocycles. The fraction of sp³-hybridized carbons (Fsp3) is 0.333. The van der Waals surface area contributed by atoms with E-state index < -0.39 is 17.8 Å². The van der Waals surface area contributed by atoms with Crippen LogP contribution in [0.3, 0.4) is 0 Å². The van der Waals surface area contributed by atoms with Gasteiger partial charge in [-0.25, -0.2) is 0 Å². The number of carbonyl (C=O) groups excluding carboxylic acids is 1. The topological polar surface area (TPSA) is 66.4 Å². The van der Waals surface area contributed by atoms with Crippen molar-refractivity contribution in [3.63, 3.8) is 0 Å². The maximum atomic E-state index is 12.5. The first-order valence-corrected chi connectivity index (χ1v) is 8.23. The fourth-order valence-corrected chi connectivity index (χ4v) is 3.94. The van der Waals surface area contributed by atoms with Gasteiger partial charge in [0.2, 0.25) is 5.91 Å². The zero-order valence-electron chi connectivity index (χ0n) is 10.9. The smallest absolute Gasteiger partial charge is 0.307 e. The van der Waals surface area contributed by atoms with Crippen molar-refractivity contribution in [1.82, 2.24) is 0 Å². The van der Waals surface area contributed by atoms with Crippen molar-refractivity contribution in [2.45, 2.75) is 6.42 Å². The van der Waals surface area contributed by atoms with E-state index in [2.05, 4.69) is 37.2 Å². The summed E-state index contributed by atoms with van der Waals surface area (Å²) in [6.45, 7) is 0. The summed E-state index contributed by atoms with van der Waals surface area (Å²) >= 11 is 6.75. The van der Waals surface area contributed by atoms with Crippen LogP contribution in [0.4, 0.5) is 5.69 Å². The van der Waals surface area contributed by atoms with Crippen molar-refractivity contribution in [2.24, 2.45) is 23.7 Å². The molecule has 2 aliphatic carbocycles. The Hall–Kier alpha value is -1.14. The van der Waals surface area contributed by atoms with Gasteiger partial charge in [-0.3, -0.25) is 9.59 Å². The van der Waals surface area contributed by atoms with Gasteiger partial charge in [-0.05, 0) is 68.3 Å². The number of anilines is 1. The van der Waals surface area contributed by atoms with E-state index in [9.17, 15) is 14.7 Å². The number of aliphatic carboxylic acids is 1. The standard InChI is InChI=1S/C15H13Br2NO3/c16-10-4-3-9(6-11(10)17)18-14(19)12-7-1-2-8(5-7)13(12)15(20)21/h1-4,6-8,12-13H,5H2,(H,18,19)(H,20,21)/t7-,8+,12+,13+/m0/s1. The molecule has 0 unspecified atom stereocenters. The number of allylic oxidation sites excluding steroid dienone is 2. The minimum absolute atomic E-state index is 0.0140. The van der Waals surface area contributed by atoms with Crippen LogP contribution >= 0.6 is 31.9 Å². The highest BCUT2D eigenvalue weighted by Gasteiger charge is 2.51. The number of halogens is 2. The number of carboxylic acids is 1. The molecule has 6 heteroatoms. The molecule has 0 heterocycles. The number of carbonyl (C=O) groups is 2. The maximum Gasteiger partial charge on any atom is 0.307 e. The third kappa shape index (κ3) is 2.66. The average molecular weight is 415 g/mol. The van der Waals surface area contributed by atoms with Crippen LogP contribution in [-0.4, -0.2) is 17.0 Å². The Kier molecular flexibility index (Phi) is 3.92. The van der Waals surface area contributed by atoms with Gasteiger partial charge in [-0.15, -0.1) is 0 Å². The molecule has 110 valence electrons. The lowest BCUT2D eigenvalue weighted by molar-refractivity contribution is -0.146. The van der Waals surface area contributed by atoms with Crippen LogP contribution in [-0.2, 0) is 9.59 Å². The van der Waals surface area contributed by atoms with E-state index in [1.807, 2.05) is 18.2 Å². The maximum absolute atomic E-state index is 12.5. The molecular formula is C15H13Br2NO3. The highest BCUT2D eigenvalue weighted by molar-refractivity contribution is 9.13. The summed E-state index contributed by atoms with van der Waals surface area (Å²) < 4.78 is 1.73. The molecule has 1 fully saturated rings. The van der Waals surface area contributed by atoms with Crippen LogP contribution in [0.2, 0.25) is 0 Å². The van der Waals surface area contributed by atoms with E-state index >= 15 is 0 Å². The molecule has 2 bridgehead atoms. The summed E-state index contributed by atoms with van der Waals surface area (Å²) in [5.74, 6) is -2.17. The molecule has 0 saturated heterocycles. The second-order valence-corrected chi connectivity index (χ2v) is 7.16. The third-order valence-electron chi connectivity index (χ3n) is 4.23. The lowest BCUT2D eigenvalue weighted by Gasteiger charge is -2.23. The predicted molar refractivity (Wildman–Crippen MR) is 85.8 cm³/mol. The van der Waals surface area contributed by atoms with Crippen molar-refractivity contribution >= 4 is 49.4 Å². The van der Waals surface area contributed by atoms with Crippen LogP contribution in [0.5, 0.6) is 0 Å². The third-order valence-corrected chi connectivity index (χ3v) is 6.11. The minimum atomic E-state index is -0.885. The number of carboxylic acid groups (broad SMARTS) is 1. The summed E-state index contributed by atoms with van der Waals surface area (Å²) in [5.41, 5.74) is 0.658. The SMILES string of the molecule is O=C(O)[C@H]1[C@H](C(=O)Nc2ccc(Br)c(Br)c2)[C@H]2C=C[C@@H]1C2. The van der Waals surface area contributed by atoms with E-state index in [0.717, 1.165) is 15.4 Å². The van der Waals surface area contributed by atoms with Crippen LogP contribution in [0.25, 0.3) is 0 Å².